The minimum Gasteiger partial charge on any atom is -0.462 e. The van der Waals surface area contributed by atoms with Gasteiger partial charge in [0.2, 0.25) is 0 Å². The fourth-order valence-electron chi connectivity index (χ4n) is 2.75. The van der Waals surface area contributed by atoms with Gasteiger partial charge in [0.15, 0.2) is 0 Å². The van der Waals surface area contributed by atoms with Crippen molar-refractivity contribution in [2.75, 3.05) is 17.2 Å². The summed E-state index contributed by atoms with van der Waals surface area (Å²) in [6.45, 7) is 3.43. The monoisotopic (exact) mass is 426 g/mol. The number of carbonyl (C=O) groups is 3. The Kier molecular flexibility index (Phi) is 6.58. The second kappa shape index (κ2) is 9.32. The van der Waals surface area contributed by atoms with Crippen molar-refractivity contribution in [3.63, 3.8) is 0 Å². The van der Waals surface area contributed by atoms with Gasteiger partial charge < -0.3 is 15.4 Å². The van der Waals surface area contributed by atoms with E-state index in [1.165, 1.54) is 24.3 Å². The lowest BCUT2D eigenvalue weighted by Crippen LogP contribution is -2.15. The first-order chi connectivity index (χ1) is 14.4. The molecule has 2 amide bonds. The normalized spacial score (nSPS) is 10.4. The summed E-state index contributed by atoms with van der Waals surface area (Å²) < 4.78 is 18.2. The van der Waals surface area contributed by atoms with Crippen LogP contribution in [-0.4, -0.2) is 24.4 Å². The zero-order chi connectivity index (χ0) is 21.7. The van der Waals surface area contributed by atoms with Crippen LogP contribution >= 0.6 is 11.3 Å². The van der Waals surface area contributed by atoms with E-state index in [2.05, 4.69) is 10.6 Å². The Morgan fingerprint density at radius 1 is 0.967 bits per heavy atom. The predicted molar refractivity (Wildman–Crippen MR) is 114 cm³/mol. The van der Waals surface area contributed by atoms with Crippen molar-refractivity contribution < 1.29 is 23.5 Å². The number of para-hydroxylation sites is 1. The summed E-state index contributed by atoms with van der Waals surface area (Å²) in [6, 6.07) is 13.9. The highest BCUT2D eigenvalue weighted by Crippen LogP contribution is 2.34. The van der Waals surface area contributed by atoms with Crippen LogP contribution in [0.5, 0.6) is 0 Å². The Hall–Kier alpha value is -3.52. The van der Waals surface area contributed by atoms with Crippen LogP contribution in [0.15, 0.2) is 54.6 Å². The van der Waals surface area contributed by atoms with Gasteiger partial charge in [-0.3, -0.25) is 9.59 Å². The Labute approximate surface area is 176 Å². The minimum atomic E-state index is -0.639. The molecule has 1 aromatic heterocycles. The molecule has 0 fully saturated rings. The maximum absolute atomic E-state index is 13.1. The van der Waals surface area contributed by atoms with Crippen LogP contribution in [0.1, 0.15) is 42.9 Å². The molecule has 1 heterocycles. The maximum atomic E-state index is 13.1. The topological polar surface area (TPSA) is 84.5 Å². The number of amides is 2. The lowest BCUT2D eigenvalue weighted by atomic mass is 10.1. The van der Waals surface area contributed by atoms with Crippen molar-refractivity contribution in [3.05, 3.63) is 82.0 Å². The Balaban J connectivity index is 1.93. The number of hydrogen-bond donors (Lipinski definition) is 2. The average molecular weight is 426 g/mol. The number of hydrogen-bond acceptors (Lipinski definition) is 5. The fraction of sp³-hybridized carbons (Fsp3) is 0.136. The Morgan fingerprint density at radius 2 is 1.63 bits per heavy atom. The zero-order valence-electron chi connectivity index (χ0n) is 16.3. The van der Waals surface area contributed by atoms with Crippen LogP contribution in [-0.2, 0) is 4.74 Å². The summed E-state index contributed by atoms with van der Waals surface area (Å²) in [5.41, 5.74) is 1.34. The summed E-state index contributed by atoms with van der Waals surface area (Å²) in [5, 5.41) is 5.60. The van der Waals surface area contributed by atoms with E-state index in [4.69, 9.17) is 4.74 Å². The number of thiophene rings is 1. The van der Waals surface area contributed by atoms with Crippen LogP contribution in [0.3, 0.4) is 0 Å². The standard InChI is InChI=1S/C22H19FN2O4S/c1-3-29-22(28)17-13(2)18(20(27)24-16-7-5-4-6-8-16)30-21(17)25-19(26)14-9-11-15(23)12-10-14/h4-12H,3H2,1-2H3,(H,24,27)(H,25,26). The molecule has 0 unspecified atom stereocenters. The van der Waals surface area contributed by atoms with E-state index in [-0.39, 0.29) is 27.6 Å². The molecule has 3 aromatic rings. The first kappa shape index (κ1) is 21.2. The number of ether oxygens (including phenoxy) is 1. The molecule has 3 rings (SSSR count). The Morgan fingerprint density at radius 3 is 2.27 bits per heavy atom. The molecule has 0 saturated carbocycles. The van der Waals surface area contributed by atoms with Crippen molar-refractivity contribution in [2.45, 2.75) is 13.8 Å². The molecule has 0 radical (unpaired) electrons. The molecule has 0 aliphatic carbocycles. The van der Waals surface area contributed by atoms with Crippen LogP contribution in [0.2, 0.25) is 0 Å². The Bertz CT molecular complexity index is 1080. The van der Waals surface area contributed by atoms with Gasteiger partial charge in [0.1, 0.15) is 10.8 Å². The SMILES string of the molecule is CCOC(=O)c1c(NC(=O)c2ccc(F)cc2)sc(C(=O)Nc2ccccc2)c1C. The average Bonchev–Trinajstić information content (AvgIpc) is 3.05. The minimum absolute atomic E-state index is 0.121. The van der Waals surface area contributed by atoms with Gasteiger partial charge >= 0.3 is 5.97 Å². The smallest absolute Gasteiger partial charge is 0.341 e. The number of benzene rings is 2. The highest BCUT2D eigenvalue weighted by atomic mass is 32.1. The molecule has 30 heavy (non-hydrogen) atoms. The quantitative estimate of drug-likeness (QED) is 0.551. The van der Waals surface area contributed by atoms with Crippen molar-refractivity contribution in [2.24, 2.45) is 0 Å². The molecular formula is C22H19FN2O4S. The van der Waals surface area contributed by atoms with Gasteiger partial charge in [-0.05, 0) is 55.8 Å². The largest absolute Gasteiger partial charge is 0.462 e. The number of rotatable bonds is 6. The third-order valence-electron chi connectivity index (χ3n) is 4.20. The van der Waals surface area contributed by atoms with Crippen molar-refractivity contribution in [1.29, 1.82) is 0 Å². The van der Waals surface area contributed by atoms with E-state index in [9.17, 15) is 18.8 Å². The third kappa shape index (κ3) is 4.72. The molecular weight excluding hydrogens is 407 g/mol. The first-order valence-corrected chi connectivity index (χ1v) is 9.96. The highest BCUT2D eigenvalue weighted by Gasteiger charge is 2.27. The fourth-order valence-corrected chi connectivity index (χ4v) is 3.84. The number of nitrogens with one attached hydrogen (secondary N) is 2. The summed E-state index contributed by atoms with van der Waals surface area (Å²) in [7, 11) is 0. The molecule has 154 valence electrons. The number of anilines is 2. The molecule has 0 aliphatic rings. The second-order valence-corrected chi connectivity index (χ2v) is 7.28. The van der Waals surface area contributed by atoms with Gasteiger partial charge in [-0.2, -0.15) is 0 Å². The number of carbonyl (C=O) groups excluding carboxylic acids is 3. The molecule has 0 saturated heterocycles. The first-order valence-electron chi connectivity index (χ1n) is 9.14. The molecule has 0 bridgehead atoms. The third-order valence-corrected chi connectivity index (χ3v) is 5.40. The van der Waals surface area contributed by atoms with Gasteiger partial charge in [0.25, 0.3) is 11.8 Å². The van der Waals surface area contributed by atoms with Gasteiger partial charge in [0.05, 0.1) is 17.0 Å². The van der Waals surface area contributed by atoms with Crippen LogP contribution in [0, 0.1) is 12.7 Å². The predicted octanol–water partition coefficient (Wildman–Crippen LogP) is 4.88. The summed E-state index contributed by atoms with van der Waals surface area (Å²) in [6.07, 6.45) is 0. The second-order valence-electron chi connectivity index (χ2n) is 6.26. The van der Waals surface area contributed by atoms with E-state index in [0.29, 0.717) is 11.3 Å². The molecule has 2 aromatic carbocycles. The summed E-state index contributed by atoms with van der Waals surface area (Å²) >= 11 is 0.975. The van der Waals surface area contributed by atoms with Crippen LogP contribution < -0.4 is 10.6 Å². The van der Waals surface area contributed by atoms with Gasteiger partial charge in [0, 0.05) is 11.3 Å². The summed E-state index contributed by atoms with van der Waals surface area (Å²) in [5.74, 6) is -2.04. The number of esters is 1. The van der Waals surface area contributed by atoms with Gasteiger partial charge in [-0.15, -0.1) is 11.3 Å². The molecule has 2 N–H and O–H groups in total. The lowest BCUT2D eigenvalue weighted by molar-refractivity contribution is 0.0527. The molecule has 0 aliphatic heterocycles. The lowest BCUT2D eigenvalue weighted by Gasteiger charge is -2.07. The van der Waals surface area contributed by atoms with Gasteiger partial charge in [-0.25, -0.2) is 9.18 Å². The van der Waals surface area contributed by atoms with Crippen molar-refractivity contribution in [3.8, 4) is 0 Å². The zero-order valence-corrected chi connectivity index (χ0v) is 17.1. The molecule has 0 atom stereocenters. The van der Waals surface area contributed by atoms with E-state index >= 15 is 0 Å². The van der Waals surface area contributed by atoms with Crippen molar-refractivity contribution in [1.82, 2.24) is 0 Å². The van der Waals surface area contributed by atoms with Crippen molar-refractivity contribution >= 4 is 39.8 Å². The van der Waals surface area contributed by atoms with E-state index in [0.717, 1.165) is 11.3 Å². The molecule has 8 heteroatoms. The van der Waals surface area contributed by atoms with Crippen LogP contribution in [0.25, 0.3) is 0 Å². The summed E-state index contributed by atoms with van der Waals surface area (Å²) in [4.78, 5) is 38.1. The van der Waals surface area contributed by atoms with Gasteiger partial charge in [-0.1, -0.05) is 18.2 Å². The van der Waals surface area contributed by atoms with E-state index in [1.54, 1.807) is 38.1 Å². The molecule has 0 spiro atoms. The van der Waals surface area contributed by atoms with E-state index < -0.39 is 23.6 Å². The maximum Gasteiger partial charge on any atom is 0.341 e. The number of halogens is 1. The highest BCUT2D eigenvalue weighted by molar-refractivity contribution is 7.19. The molecule has 6 nitrogen and oxygen atoms in total. The van der Waals surface area contributed by atoms with Crippen LogP contribution in [0.4, 0.5) is 15.1 Å². The van der Waals surface area contributed by atoms with E-state index in [1.807, 2.05) is 6.07 Å².